The molecule has 0 radical (unpaired) electrons. The van der Waals surface area contributed by atoms with E-state index in [0.717, 1.165) is 11.5 Å². The highest BCUT2D eigenvalue weighted by Crippen LogP contribution is 2.37. The van der Waals surface area contributed by atoms with Gasteiger partial charge in [0.05, 0.1) is 5.54 Å². The molecule has 0 aliphatic carbocycles. The van der Waals surface area contributed by atoms with Gasteiger partial charge in [0.25, 0.3) is 0 Å². The number of fused-ring (bicyclic) bond motifs is 3. The lowest BCUT2D eigenvalue weighted by Crippen LogP contribution is -2.28. The van der Waals surface area contributed by atoms with Crippen LogP contribution in [0.5, 0.6) is 0 Å². The molecule has 0 unspecified atom stereocenters. The average molecular weight is 387 g/mol. The van der Waals surface area contributed by atoms with E-state index in [1.807, 2.05) is 0 Å². The predicted molar refractivity (Wildman–Crippen MR) is 122 cm³/mol. The van der Waals surface area contributed by atoms with Crippen molar-refractivity contribution in [2.75, 3.05) is 18.0 Å². The number of nitrogens with zero attached hydrogens (tertiary/aromatic N) is 2. The Morgan fingerprint density at radius 3 is 2.43 bits per heavy atom. The van der Waals surface area contributed by atoms with Crippen LogP contribution in [0.1, 0.15) is 37.8 Å². The van der Waals surface area contributed by atoms with Crippen LogP contribution in [-0.4, -0.2) is 23.7 Å². The van der Waals surface area contributed by atoms with Crippen molar-refractivity contribution in [1.29, 1.82) is 0 Å². The summed E-state index contributed by atoms with van der Waals surface area (Å²) >= 11 is 1.80. The first-order chi connectivity index (χ1) is 13.6. The smallest absolute Gasteiger partial charge is 0.103 e. The van der Waals surface area contributed by atoms with E-state index >= 15 is 0 Å². The van der Waals surface area contributed by atoms with Gasteiger partial charge in [-0.25, -0.2) is 0 Å². The second-order valence-electron chi connectivity index (χ2n) is 8.51. The average Bonchev–Trinajstić information content (AvgIpc) is 3.22. The number of anilines is 1. The third-order valence-corrected chi connectivity index (χ3v) is 6.82. The molecule has 1 fully saturated rings. The van der Waals surface area contributed by atoms with Crippen molar-refractivity contribution in [3.63, 3.8) is 0 Å². The molecule has 3 heteroatoms. The minimum Gasteiger partial charge on any atom is -0.372 e. The van der Waals surface area contributed by atoms with Gasteiger partial charge in [0.2, 0.25) is 0 Å². The molecular formula is C25H26N2S. The van der Waals surface area contributed by atoms with Crippen molar-refractivity contribution in [3.05, 3.63) is 71.8 Å². The highest BCUT2D eigenvalue weighted by molar-refractivity contribution is 8.14. The summed E-state index contributed by atoms with van der Waals surface area (Å²) in [6.45, 7) is 6.87. The van der Waals surface area contributed by atoms with Gasteiger partial charge in [-0.3, -0.25) is 4.99 Å². The summed E-state index contributed by atoms with van der Waals surface area (Å²) in [5.74, 6) is 0. The fourth-order valence-electron chi connectivity index (χ4n) is 4.42. The van der Waals surface area contributed by atoms with E-state index in [1.165, 1.54) is 58.4 Å². The lowest BCUT2D eigenvalue weighted by molar-refractivity contribution is 0.517. The fraction of sp³-hybridized carbons (Fsp3) is 0.320. The molecule has 2 nitrogen and oxygen atoms in total. The Labute approximate surface area is 171 Å². The lowest BCUT2D eigenvalue weighted by atomic mass is 9.86. The van der Waals surface area contributed by atoms with E-state index in [0.29, 0.717) is 0 Å². The molecule has 0 aromatic heterocycles. The Balaban J connectivity index is 1.49. The molecule has 1 saturated heterocycles. The quantitative estimate of drug-likeness (QED) is 0.512. The molecule has 5 rings (SSSR count). The van der Waals surface area contributed by atoms with Crippen molar-refractivity contribution in [2.24, 2.45) is 4.99 Å². The van der Waals surface area contributed by atoms with Crippen molar-refractivity contribution in [1.82, 2.24) is 0 Å². The monoisotopic (exact) mass is 386 g/mol. The van der Waals surface area contributed by atoms with Crippen LogP contribution in [0, 0.1) is 0 Å². The molecular weight excluding hydrogens is 360 g/mol. The molecule has 2 aliphatic rings. The zero-order valence-electron chi connectivity index (χ0n) is 16.6. The van der Waals surface area contributed by atoms with Gasteiger partial charge >= 0.3 is 0 Å². The van der Waals surface area contributed by atoms with Crippen LogP contribution in [0.15, 0.2) is 70.6 Å². The third-order valence-electron chi connectivity index (χ3n) is 5.81. The second kappa shape index (κ2) is 6.97. The van der Waals surface area contributed by atoms with Crippen LogP contribution in [0.2, 0.25) is 0 Å². The summed E-state index contributed by atoms with van der Waals surface area (Å²) in [5.41, 5.74) is 4.01. The van der Waals surface area contributed by atoms with E-state index in [2.05, 4.69) is 79.4 Å². The van der Waals surface area contributed by atoms with Crippen molar-refractivity contribution in [3.8, 4) is 0 Å². The lowest BCUT2D eigenvalue weighted by Gasteiger charge is -2.30. The number of benzene rings is 3. The number of aliphatic imine (C=N–C) groups is 1. The van der Waals surface area contributed by atoms with E-state index in [4.69, 9.17) is 4.99 Å². The number of rotatable bonds is 2. The Bertz CT molecular complexity index is 1040. The molecule has 2 aliphatic heterocycles. The summed E-state index contributed by atoms with van der Waals surface area (Å²) in [7, 11) is 0. The largest absolute Gasteiger partial charge is 0.372 e. The van der Waals surface area contributed by atoms with Gasteiger partial charge in [-0.05, 0) is 73.7 Å². The van der Waals surface area contributed by atoms with E-state index in [9.17, 15) is 0 Å². The summed E-state index contributed by atoms with van der Waals surface area (Å²) in [4.78, 5) is 8.87. The molecule has 0 N–H and O–H groups in total. The molecule has 0 spiro atoms. The Morgan fingerprint density at radius 1 is 0.893 bits per heavy atom. The highest BCUT2D eigenvalue weighted by Gasteiger charge is 2.28. The summed E-state index contributed by atoms with van der Waals surface area (Å²) < 4.78 is 0. The number of hydrogen-bond donors (Lipinski definition) is 0. The molecule has 0 bridgehead atoms. The minimum atomic E-state index is -0.0745. The molecule has 0 saturated carbocycles. The number of thioether (sulfide) groups is 1. The first-order valence-corrected chi connectivity index (χ1v) is 11.0. The zero-order valence-corrected chi connectivity index (χ0v) is 17.4. The van der Waals surface area contributed by atoms with Crippen LogP contribution in [0.25, 0.3) is 10.8 Å². The normalized spacial score (nSPS) is 18.2. The second-order valence-corrected chi connectivity index (χ2v) is 9.57. The first-order valence-electron chi connectivity index (χ1n) is 10.2. The van der Waals surface area contributed by atoms with E-state index in [-0.39, 0.29) is 5.54 Å². The van der Waals surface area contributed by atoms with Crippen LogP contribution in [-0.2, 0) is 6.42 Å². The third kappa shape index (κ3) is 3.33. The molecule has 3 aromatic rings. The van der Waals surface area contributed by atoms with Crippen LogP contribution < -0.4 is 4.90 Å². The van der Waals surface area contributed by atoms with E-state index in [1.54, 1.807) is 11.8 Å². The van der Waals surface area contributed by atoms with Crippen LogP contribution >= 0.6 is 11.8 Å². The zero-order chi connectivity index (χ0) is 19.1. The van der Waals surface area contributed by atoms with Crippen molar-refractivity contribution >= 4 is 33.3 Å². The van der Waals surface area contributed by atoms with Gasteiger partial charge < -0.3 is 4.90 Å². The van der Waals surface area contributed by atoms with Gasteiger partial charge in [0.15, 0.2) is 0 Å². The maximum Gasteiger partial charge on any atom is 0.103 e. The Hall–Kier alpha value is -2.26. The van der Waals surface area contributed by atoms with Crippen LogP contribution in [0.3, 0.4) is 0 Å². The summed E-state index contributed by atoms with van der Waals surface area (Å²) in [5, 5.41) is 3.83. The van der Waals surface area contributed by atoms with Crippen molar-refractivity contribution in [2.45, 2.75) is 43.5 Å². The molecule has 2 heterocycles. The van der Waals surface area contributed by atoms with Crippen molar-refractivity contribution < 1.29 is 0 Å². The van der Waals surface area contributed by atoms with Gasteiger partial charge in [-0.15, -0.1) is 0 Å². The predicted octanol–water partition coefficient (Wildman–Crippen LogP) is 6.31. The maximum atomic E-state index is 5.13. The summed E-state index contributed by atoms with van der Waals surface area (Å²) in [6.07, 6.45) is 3.61. The topological polar surface area (TPSA) is 15.6 Å². The molecule has 28 heavy (non-hydrogen) atoms. The molecule has 0 atom stereocenters. The van der Waals surface area contributed by atoms with Gasteiger partial charge in [-0.1, -0.05) is 48.2 Å². The molecule has 142 valence electrons. The van der Waals surface area contributed by atoms with Crippen LogP contribution in [0.4, 0.5) is 5.69 Å². The van der Waals surface area contributed by atoms with Gasteiger partial charge in [0.1, 0.15) is 5.04 Å². The SMILES string of the molecule is CC1(C)Cc2c(ccc3ccccc23)C(Sc2ccc(N3CCCC3)cc2)=N1. The minimum absolute atomic E-state index is 0.0745. The number of hydrogen-bond acceptors (Lipinski definition) is 3. The van der Waals surface area contributed by atoms with Gasteiger partial charge in [-0.2, -0.15) is 0 Å². The molecule has 0 amide bonds. The Morgan fingerprint density at radius 2 is 1.64 bits per heavy atom. The first kappa shape index (κ1) is 17.8. The molecule has 3 aromatic carbocycles. The van der Waals surface area contributed by atoms with Gasteiger partial charge in [0, 0.05) is 29.2 Å². The standard InChI is InChI=1S/C25H26N2S/c1-25(2)17-23-21-8-4-3-7-18(21)9-14-22(23)24(26-25)28-20-12-10-19(11-13-20)27-15-5-6-16-27/h3-4,7-14H,5-6,15-17H2,1-2H3. The summed E-state index contributed by atoms with van der Waals surface area (Å²) in [6, 6.07) is 22.3. The van der Waals surface area contributed by atoms with E-state index < -0.39 is 0 Å². The Kier molecular flexibility index (Phi) is 4.43. The highest BCUT2D eigenvalue weighted by atomic mass is 32.2. The maximum absolute atomic E-state index is 5.13. The fourth-order valence-corrected chi connectivity index (χ4v) is 5.51.